The summed E-state index contributed by atoms with van der Waals surface area (Å²) in [5.41, 5.74) is 7.94. The molecular weight excluding hydrogens is 280 g/mol. The highest BCUT2D eigenvalue weighted by molar-refractivity contribution is 7.80. The molecule has 1 aliphatic carbocycles. The van der Waals surface area contributed by atoms with Gasteiger partial charge in [0.2, 0.25) is 0 Å². The standard InChI is InChI=1S/C17H24N2OS/c1-20-16-7-6-12(10-14(16)17(18)21)11-19-9-8-13-4-2-3-5-15(13)19/h6-7,10,13,15H,2-5,8-9,11H2,1H3,(H2,18,21). The molecule has 0 amide bonds. The monoisotopic (exact) mass is 304 g/mol. The maximum Gasteiger partial charge on any atom is 0.129 e. The molecule has 0 radical (unpaired) electrons. The van der Waals surface area contributed by atoms with Gasteiger partial charge in [-0.2, -0.15) is 0 Å². The molecule has 4 heteroatoms. The fourth-order valence-corrected chi connectivity index (χ4v) is 4.14. The number of fused-ring (bicyclic) bond motifs is 1. The van der Waals surface area contributed by atoms with E-state index in [4.69, 9.17) is 22.7 Å². The molecule has 1 saturated carbocycles. The van der Waals surface area contributed by atoms with E-state index in [9.17, 15) is 0 Å². The van der Waals surface area contributed by atoms with Gasteiger partial charge in [0.25, 0.3) is 0 Å². The number of thiocarbonyl (C=S) groups is 1. The van der Waals surface area contributed by atoms with E-state index in [0.29, 0.717) is 4.99 Å². The van der Waals surface area contributed by atoms with Crippen molar-refractivity contribution in [2.75, 3.05) is 13.7 Å². The van der Waals surface area contributed by atoms with E-state index in [2.05, 4.69) is 17.0 Å². The average molecular weight is 304 g/mol. The van der Waals surface area contributed by atoms with Crippen LogP contribution >= 0.6 is 12.2 Å². The predicted octanol–water partition coefficient (Wildman–Crippen LogP) is 3.09. The normalized spacial score (nSPS) is 25.6. The average Bonchev–Trinajstić information content (AvgIpc) is 2.90. The first kappa shape index (κ1) is 14.8. The predicted molar refractivity (Wildman–Crippen MR) is 89.7 cm³/mol. The van der Waals surface area contributed by atoms with Gasteiger partial charge in [-0.05, 0) is 49.4 Å². The van der Waals surface area contributed by atoms with Gasteiger partial charge in [-0.15, -0.1) is 0 Å². The molecule has 21 heavy (non-hydrogen) atoms. The van der Waals surface area contributed by atoms with E-state index in [-0.39, 0.29) is 0 Å². The second-order valence-corrected chi connectivity index (χ2v) is 6.71. The molecule has 2 atom stereocenters. The van der Waals surface area contributed by atoms with Crippen LogP contribution in [0.15, 0.2) is 18.2 Å². The second kappa shape index (κ2) is 6.32. The zero-order valence-electron chi connectivity index (χ0n) is 12.7. The Balaban J connectivity index is 1.76. The van der Waals surface area contributed by atoms with Crippen LogP contribution in [0.4, 0.5) is 0 Å². The minimum Gasteiger partial charge on any atom is -0.496 e. The summed E-state index contributed by atoms with van der Waals surface area (Å²) < 4.78 is 5.34. The number of nitrogens with zero attached hydrogens (tertiary/aromatic N) is 1. The third-order valence-corrected chi connectivity index (χ3v) is 5.26. The van der Waals surface area contributed by atoms with Gasteiger partial charge in [-0.1, -0.05) is 31.1 Å². The lowest BCUT2D eigenvalue weighted by Gasteiger charge is -2.31. The van der Waals surface area contributed by atoms with Gasteiger partial charge < -0.3 is 10.5 Å². The van der Waals surface area contributed by atoms with Crippen molar-refractivity contribution < 1.29 is 4.74 Å². The van der Waals surface area contributed by atoms with Crippen molar-refractivity contribution in [3.8, 4) is 5.75 Å². The molecule has 1 aromatic rings. The van der Waals surface area contributed by atoms with Gasteiger partial charge in [0.05, 0.1) is 12.7 Å². The maximum atomic E-state index is 5.81. The van der Waals surface area contributed by atoms with E-state index in [1.807, 2.05) is 6.07 Å². The maximum absolute atomic E-state index is 5.81. The molecule has 1 aromatic carbocycles. The molecule has 0 aromatic heterocycles. The van der Waals surface area contributed by atoms with Crippen molar-refractivity contribution in [3.05, 3.63) is 29.3 Å². The topological polar surface area (TPSA) is 38.5 Å². The Morgan fingerprint density at radius 1 is 1.33 bits per heavy atom. The SMILES string of the molecule is COc1ccc(CN2CCC3CCCCC32)cc1C(N)=S. The Bertz CT molecular complexity index is 532. The van der Waals surface area contributed by atoms with Gasteiger partial charge in [-0.25, -0.2) is 0 Å². The van der Waals surface area contributed by atoms with Crippen molar-refractivity contribution in [1.82, 2.24) is 4.90 Å². The summed E-state index contributed by atoms with van der Waals surface area (Å²) in [6.45, 7) is 2.23. The zero-order chi connectivity index (χ0) is 14.8. The lowest BCUT2D eigenvalue weighted by Crippen LogP contribution is -2.34. The Morgan fingerprint density at radius 3 is 2.90 bits per heavy atom. The number of nitrogens with two attached hydrogens (primary N) is 1. The minimum atomic E-state index is 0.408. The quantitative estimate of drug-likeness (QED) is 0.868. The summed E-state index contributed by atoms with van der Waals surface area (Å²) in [4.78, 5) is 3.06. The summed E-state index contributed by atoms with van der Waals surface area (Å²) in [6, 6.07) is 7.00. The third-order valence-electron chi connectivity index (χ3n) is 5.04. The molecule has 114 valence electrons. The highest BCUT2D eigenvalue weighted by Gasteiger charge is 2.35. The fourth-order valence-electron chi connectivity index (χ4n) is 3.98. The molecule has 2 fully saturated rings. The minimum absolute atomic E-state index is 0.408. The van der Waals surface area contributed by atoms with E-state index < -0.39 is 0 Å². The van der Waals surface area contributed by atoms with E-state index in [1.165, 1.54) is 44.2 Å². The van der Waals surface area contributed by atoms with Crippen molar-refractivity contribution in [3.63, 3.8) is 0 Å². The molecule has 1 heterocycles. The Labute approximate surface area is 132 Å². The molecule has 2 aliphatic rings. The Hall–Kier alpha value is -1.13. The van der Waals surface area contributed by atoms with Crippen LogP contribution < -0.4 is 10.5 Å². The van der Waals surface area contributed by atoms with Gasteiger partial charge in [0, 0.05) is 12.6 Å². The molecule has 3 nitrogen and oxygen atoms in total. The van der Waals surface area contributed by atoms with Crippen LogP contribution in [-0.4, -0.2) is 29.6 Å². The highest BCUT2D eigenvalue weighted by Crippen LogP contribution is 2.37. The molecule has 3 rings (SSSR count). The Kier molecular flexibility index (Phi) is 4.45. The first-order chi connectivity index (χ1) is 10.2. The summed E-state index contributed by atoms with van der Waals surface area (Å²) >= 11 is 5.13. The number of ether oxygens (including phenoxy) is 1. The first-order valence-electron chi connectivity index (χ1n) is 7.90. The largest absolute Gasteiger partial charge is 0.496 e. The molecule has 0 bridgehead atoms. The number of rotatable bonds is 4. The van der Waals surface area contributed by atoms with Crippen molar-refractivity contribution in [1.29, 1.82) is 0 Å². The van der Waals surface area contributed by atoms with Crippen LogP contribution in [0.5, 0.6) is 5.75 Å². The summed E-state index contributed by atoms with van der Waals surface area (Å²) in [6.07, 6.45) is 6.95. The molecule has 0 spiro atoms. The van der Waals surface area contributed by atoms with Crippen molar-refractivity contribution >= 4 is 17.2 Å². The van der Waals surface area contributed by atoms with Crippen LogP contribution in [0.3, 0.4) is 0 Å². The number of hydrogen-bond acceptors (Lipinski definition) is 3. The van der Waals surface area contributed by atoms with E-state index in [0.717, 1.165) is 29.8 Å². The van der Waals surface area contributed by atoms with Gasteiger partial charge in [-0.3, -0.25) is 4.90 Å². The van der Waals surface area contributed by atoms with Crippen LogP contribution in [0.25, 0.3) is 0 Å². The highest BCUT2D eigenvalue weighted by atomic mass is 32.1. The second-order valence-electron chi connectivity index (χ2n) is 6.27. The van der Waals surface area contributed by atoms with Crippen LogP contribution in [0, 0.1) is 5.92 Å². The lowest BCUT2D eigenvalue weighted by molar-refractivity contribution is 0.176. The number of hydrogen-bond donors (Lipinski definition) is 1. The zero-order valence-corrected chi connectivity index (χ0v) is 13.5. The van der Waals surface area contributed by atoms with E-state index in [1.54, 1.807) is 7.11 Å². The van der Waals surface area contributed by atoms with E-state index >= 15 is 0 Å². The molecular formula is C17H24N2OS. The molecule has 2 N–H and O–H groups in total. The number of likely N-dealkylation sites (tertiary alicyclic amines) is 1. The summed E-state index contributed by atoms with van der Waals surface area (Å²) in [5.74, 6) is 1.69. The summed E-state index contributed by atoms with van der Waals surface area (Å²) in [5, 5.41) is 0. The molecule has 2 unspecified atom stereocenters. The van der Waals surface area contributed by atoms with Crippen LogP contribution in [-0.2, 0) is 6.54 Å². The lowest BCUT2D eigenvalue weighted by atomic mass is 9.85. The molecule has 1 saturated heterocycles. The van der Waals surface area contributed by atoms with Crippen molar-refractivity contribution in [2.24, 2.45) is 11.7 Å². The molecule has 1 aliphatic heterocycles. The van der Waals surface area contributed by atoms with Gasteiger partial charge in [0.15, 0.2) is 0 Å². The third kappa shape index (κ3) is 3.06. The van der Waals surface area contributed by atoms with Gasteiger partial charge in [0.1, 0.15) is 10.7 Å². The number of benzene rings is 1. The fraction of sp³-hybridized carbons (Fsp3) is 0.588. The summed E-state index contributed by atoms with van der Waals surface area (Å²) in [7, 11) is 1.66. The van der Waals surface area contributed by atoms with Crippen molar-refractivity contribution in [2.45, 2.75) is 44.7 Å². The number of methoxy groups -OCH3 is 1. The first-order valence-corrected chi connectivity index (χ1v) is 8.30. The van der Waals surface area contributed by atoms with Crippen LogP contribution in [0.1, 0.15) is 43.2 Å². The Morgan fingerprint density at radius 2 is 2.14 bits per heavy atom. The van der Waals surface area contributed by atoms with Gasteiger partial charge >= 0.3 is 0 Å². The smallest absolute Gasteiger partial charge is 0.129 e. The van der Waals surface area contributed by atoms with Crippen LogP contribution in [0.2, 0.25) is 0 Å².